The van der Waals surface area contributed by atoms with Gasteiger partial charge in [-0.1, -0.05) is 0 Å². The van der Waals surface area contributed by atoms with Crippen LogP contribution in [0.5, 0.6) is 5.75 Å². The number of rotatable bonds is 3. The van der Waals surface area contributed by atoms with Crippen LogP contribution >= 0.6 is 0 Å². The molecule has 96 valence electrons. The van der Waals surface area contributed by atoms with Gasteiger partial charge in [0, 0.05) is 25.1 Å². The van der Waals surface area contributed by atoms with Crippen molar-refractivity contribution in [1.82, 2.24) is 4.90 Å². The second-order valence-electron chi connectivity index (χ2n) is 4.73. The summed E-state index contributed by atoms with van der Waals surface area (Å²) in [6.07, 6.45) is 0.911. The van der Waals surface area contributed by atoms with Crippen LogP contribution in [0, 0.1) is 0 Å². The number of fused-ring (bicyclic) bond motifs is 1. The Hall–Kier alpha value is -1.39. The summed E-state index contributed by atoms with van der Waals surface area (Å²) < 4.78 is 10.7. The Morgan fingerprint density at radius 2 is 2.06 bits per heavy atom. The van der Waals surface area contributed by atoms with E-state index in [0.717, 1.165) is 56.2 Å². The molecule has 0 atom stereocenters. The third kappa shape index (κ3) is 2.40. The number of hydrogen-bond donors (Lipinski definition) is 0. The third-order valence-corrected chi connectivity index (χ3v) is 3.48. The predicted octanol–water partition coefficient (Wildman–Crippen LogP) is 1.14. The first-order chi connectivity index (χ1) is 8.83. The van der Waals surface area contributed by atoms with Gasteiger partial charge in [0.25, 0.3) is 0 Å². The van der Waals surface area contributed by atoms with Gasteiger partial charge >= 0.3 is 0 Å². The number of morpholine rings is 1. The van der Waals surface area contributed by atoms with Crippen molar-refractivity contribution in [2.24, 2.45) is 0 Å². The molecule has 0 N–H and O–H groups in total. The molecule has 4 heteroatoms. The number of benzene rings is 1. The molecule has 0 bridgehead atoms. The topological polar surface area (TPSA) is 38.8 Å². The number of Topliss-reactive ketones (excluding diaryl/α,β-unsaturated/α-hetero) is 1. The third-order valence-electron chi connectivity index (χ3n) is 3.48. The molecule has 0 spiro atoms. The van der Waals surface area contributed by atoms with Gasteiger partial charge in [-0.15, -0.1) is 0 Å². The van der Waals surface area contributed by atoms with Crippen molar-refractivity contribution >= 4 is 5.78 Å². The van der Waals surface area contributed by atoms with Crippen molar-refractivity contribution in [3.63, 3.8) is 0 Å². The van der Waals surface area contributed by atoms with Gasteiger partial charge in [-0.05, 0) is 23.8 Å². The Morgan fingerprint density at radius 1 is 1.22 bits per heavy atom. The maximum atomic E-state index is 12.2. The van der Waals surface area contributed by atoms with Crippen molar-refractivity contribution in [3.05, 3.63) is 29.3 Å². The summed E-state index contributed by atoms with van der Waals surface area (Å²) in [6.45, 7) is 4.37. The highest BCUT2D eigenvalue weighted by Gasteiger charge is 2.18. The molecule has 0 radical (unpaired) electrons. The van der Waals surface area contributed by atoms with E-state index in [4.69, 9.17) is 9.47 Å². The standard InChI is InChI=1S/C14H17NO3/c16-13(10-15-4-7-17-8-5-15)11-1-2-14-12(9-11)3-6-18-14/h1-2,9H,3-8,10H2. The van der Waals surface area contributed by atoms with Crippen molar-refractivity contribution in [3.8, 4) is 5.75 Å². The first kappa shape index (κ1) is 11.7. The summed E-state index contributed by atoms with van der Waals surface area (Å²) >= 11 is 0. The molecule has 1 aromatic rings. The lowest BCUT2D eigenvalue weighted by Gasteiger charge is -2.25. The molecule has 2 aliphatic rings. The minimum Gasteiger partial charge on any atom is -0.493 e. The van der Waals surface area contributed by atoms with Gasteiger partial charge in [0.05, 0.1) is 26.4 Å². The zero-order chi connectivity index (χ0) is 12.4. The van der Waals surface area contributed by atoms with Crippen molar-refractivity contribution < 1.29 is 14.3 Å². The molecule has 0 saturated carbocycles. The molecule has 2 heterocycles. The minimum absolute atomic E-state index is 0.187. The largest absolute Gasteiger partial charge is 0.493 e. The van der Waals surface area contributed by atoms with E-state index in [1.54, 1.807) is 0 Å². The summed E-state index contributed by atoms with van der Waals surface area (Å²) in [5.74, 6) is 1.12. The van der Waals surface area contributed by atoms with Crippen LogP contribution in [-0.4, -0.2) is 50.1 Å². The lowest BCUT2D eigenvalue weighted by Crippen LogP contribution is -2.39. The molecule has 1 saturated heterocycles. The Kier molecular flexibility index (Phi) is 3.30. The molecule has 0 unspecified atom stereocenters. The predicted molar refractivity (Wildman–Crippen MR) is 67.2 cm³/mol. The van der Waals surface area contributed by atoms with Gasteiger partial charge in [0.15, 0.2) is 5.78 Å². The van der Waals surface area contributed by atoms with E-state index in [-0.39, 0.29) is 5.78 Å². The zero-order valence-corrected chi connectivity index (χ0v) is 10.4. The zero-order valence-electron chi connectivity index (χ0n) is 10.4. The Balaban J connectivity index is 1.68. The molecular weight excluding hydrogens is 230 g/mol. The average molecular weight is 247 g/mol. The lowest BCUT2D eigenvalue weighted by molar-refractivity contribution is 0.0371. The molecule has 1 aromatic carbocycles. The maximum Gasteiger partial charge on any atom is 0.176 e. The second kappa shape index (κ2) is 5.08. The van der Waals surface area contributed by atoms with Gasteiger partial charge in [0.1, 0.15) is 5.75 Å². The smallest absolute Gasteiger partial charge is 0.176 e. The average Bonchev–Trinajstić information content (AvgIpc) is 2.87. The van der Waals surface area contributed by atoms with Crippen LogP contribution in [0.25, 0.3) is 0 Å². The lowest BCUT2D eigenvalue weighted by atomic mass is 10.1. The molecule has 0 amide bonds. The molecule has 4 nitrogen and oxygen atoms in total. The van der Waals surface area contributed by atoms with Crippen molar-refractivity contribution in [2.45, 2.75) is 6.42 Å². The number of nitrogens with zero attached hydrogens (tertiary/aromatic N) is 1. The highest BCUT2D eigenvalue weighted by molar-refractivity contribution is 5.98. The molecule has 18 heavy (non-hydrogen) atoms. The Morgan fingerprint density at radius 3 is 2.89 bits per heavy atom. The number of hydrogen-bond acceptors (Lipinski definition) is 4. The van der Waals surface area contributed by atoms with Crippen LogP contribution in [0.2, 0.25) is 0 Å². The summed E-state index contributed by atoms with van der Waals surface area (Å²) in [4.78, 5) is 14.3. The maximum absolute atomic E-state index is 12.2. The van der Waals surface area contributed by atoms with Crippen molar-refractivity contribution in [1.29, 1.82) is 0 Å². The molecule has 0 aromatic heterocycles. The normalized spacial score (nSPS) is 19.3. The molecule has 2 aliphatic heterocycles. The van der Waals surface area contributed by atoms with E-state index in [2.05, 4.69) is 4.90 Å². The first-order valence-corrected chi connectivity index (χ1v) is 6.42. The Bertz CT molecular complexity index is 452. The van der Waals surface area contributed by atoms with Crippen LogP contribution < -0.4 is 4.74 Å². The molecule has 1 fully saturated rings. The summed E-state index contributed by atoms with van der Waals surface area (Å²) in [6, 6.07) is 5.76. The van der Waals surface area contributed by atoms with Crippen molar-refractivity contribution in [2.75, 3.05) is 39.5 Å². The fourth-order valence-electron chi connectivity index (χ4n) is 2.41. The number of carbonyl (C=O) groups excluding carboxylic acids is 1. The number of ether oxygens (including phenoxy) is 2. The monoisotopic (exact) mass is 247 g/mol. The van der Waals surface area contributed by atoms with Gasteiger partial charge in [0.2, 0.25) is 0 Å². The number of carbonyl (C=O) groups is 1. The first-order valence-electron chi connectivity index (χ1n) is 6.42. The SMILES string of the molecule is O=C(CN1CCOCC1)c1ccc2c(c1)CCO2. The van der Waals surface area contributed by atoms with E-state index in [9.17, 15) is 4.79 Å². The highest BCUT2D eigenvalue weighted by atomic mass is 16.5. The van der Waals surface area contributed by atoms with Gasteiger partial charge < -0.3 is 9.47 Å². The fourth-order valence-corrected chi connectivity index (χ4v) is 2.41. The minimum atomic E-state index is 0.187. The van der Waals surface area contributed by atoms with E-state index >= 15 is 0 Å². The van der Waals surface area contributed by atoms with Crippen LogP contribution in [0.4, 0.5) is 0 Å². The fraction of sp³-hybridized carbons (Fsp3) is 0.500. The van der Waals surface area contributed by atoms with E-state index in [1.165, 1.54) is 0 Å². The molecule has 0 aliphatic carbocycles. The number of ketones is 1. The van der Waals surface area contributed by atoms with Crippen LogP contribution in [0.15, 0.2) is 18.2 Å². The summed E-state index contributed by atoms with van der Waals surface area (Å²) in [7, 11) is 0. The van der Waals surface area contributed by atoms with Crippen LogP contribution in [0.3, 0.4) is 0 Å². The molecule has 3 rings (SSSR count). The Labute approximate surface area is 106 Å². The van der Waals surface area contributed by atoms with Crippen LogP contribution in [-0.2, 0) is 11.2 Å². The van der Waals surface area contributed by atoms with Gasteiger partial charge in [-0.3, -0.25) is 9.69 Å². The van der Waals surface area contributed by atoms with Crippen LogP contribution in [0.1, 0.15) is 15.9 Å². The van der Waals surface area contributed by atoms with E-state index in [0.29, 0.717) is 6.54 Å². The highest BCUT2D eigenvalue weighted by Crippen LogP contribution is 2.26. The second-order valence-corrected chi connectivity index (χ2v) is 4.73. The van der Waals surface area contributed by atoms with Gasteiger partial charge in [-0.2, -0.15) is 0 Å². The van der Waals surface area contributed by atoms with E-state index < -0.39 is 0 Å². The summed E-state index contributed by atoms with van der Waals surface area (Å²) in [5, 5.41) is 0. The summed E-state index contributed by atoms with van der Waals surface area (Å²) in [5.41, 5.74) is 1.95. The van der Waals surface area contributed by atoms with Gasteiger partial charge in [-0.25, -0.2) is 0 Å². The molecular formula is C14H17NO3. The quantitative estimate of drug-likeness (QED) is 0.751. The van der Waals surface area contributed by atoms with E-state index in [1.807, 2.05) is 18.2 Å².